The summed E-state index contributed by atoms with van der Waals surface area (Å²) in [5.41, 5.74) is 0.802. The zero-order valence-electron chi connectivity index (χ0n) is 16.6. The van der Waals surface area contributed by atoms with Gasteiger partial charge in [0.1, 0.15) is 17.9 Å². The SMILES string of the molecule is CCOC(=O)C1C=NN2C(c3cccc(F)c3)CC(C3CC3C(=O)OCC)NC12. The number of fused-ring (bicyclic) bond motifs is 1. The molecule has 0 spiro atoms. The molecule has 2 aliphatic heterocycles. The summed E-state index contributed by atoms with van der Waals surface area (Å²) in [7, 11) is 0. The van der Waals surface area contributed by atoms with Crippen LogP contribution in [0.2, 0.25) is 0 Å². The van der Waals surface area contributed by atoms with Crippen LogP contribution in [0.1, 0.15) is 38.3 Å². The molecule has 0 bridgehead atoms. The summed E-state index contributed by atoms with van der Waals surface area (Å²) >= 11 is 0. The Kier molecular flexibility index (Phi) is 5.54. The minimum Gasteiger partial charge on any atom is -0.466 e. The van der Waals surface area contributed by atoms with Crippen LogP contribution in [0.3, 0.4) is 0 Å². The molecule has 0 aromatic heterocycles. The number of hydrogen-bond acceptors (Lipinski definition) is 7. The van der Waals surface area contributed by atoms with Crippen molar-refractivity contribution < 1.29 is 23.5 Å². The molecule has 1 saturated heterocycles. The fourth-order valence-corrected chi connectivity index (χ4v) is 4.47. The number of hydrogen-bond donors (Lipinski definition) is 1. The number of carbonyl (C=O) groups is 2. The van der Waals surface area contributed by atoms with Crippen molar-refractivity contribution in [3.8, 4) is 0 Å². The molecule has 1 aromatic carbocycles. The minimum absolute atomic E-state index is 0.00227. The molecule has 2 heterocycles. The fraction of sp³-hybridized carbons (Fsp3) is 0.571. The van der Waals surface area contributed by atoms with E-state index >= 15 is 0 Å². The largest absolute Gasteiger partial charge is 0.466 e. The van der Waals surface area contributed by atoms with Crippen LogP contribution in [-0.4, -0.2) is 48.6 Å². The van der Waals surface area contributed by atoms with E-state index in [1.54, 1.807) is 26.1 Å². The molecular weight excluding hydrogens is 377 g/mol. The third-order valence-electron chi connectivity index (χ3n) is 5.91. The number of hydrazone groups is 1. The Labute approximate surface area is 169 Å². The van der Waals surface area contributed by atoms with Gasteiger partial charge in [-0.25, -0.2) is 4.39 Å². The van der Waals surface area contributed by atoms with Crippen LogP contribution in [0, 0.1) is 23.6 Å². The minimum atomic E-state index is -0.548. The van der Waals surface area contributed by atoms with Crippen LogP contribution >= 0.6 is 0 Å². The molecule has 3 aliphatic rings. The predicted molar refractivity (Wildman–Crippen MR) is 103 cm³/mol. The van der Waals surface area contributed by atoms with E-state index in [2.05, 4.69) is 10.4 Å². The lowest BCUT2D eigenvalue weighted by molar-refractivity contribution is -0.149. The highest BCUT2D eigenvalue weighted by Crippen LogP contribution is 2.48. The van der Waals surface area contributed by atoms with Gasteiger partial charge in [0, 0.05) is 12.3 Å². The predicted octanol–water partition coefficient (Wildman–Crippen LogP) is 2.23. The standard InChI is InChI=1S/C21H26FN3O4/c1-3-28-20(26)15-9-14(15)17-10-18(12-6-5-7-13(22)8-12)25-19(24-17)16(11-23-25)21(27)29-4-2/h5-8,11,14-19,24H,3-4,9-10H2,1-2H3. The van der Waals surface area contributed by atoms with Crippen molar-refractivity contribution in [2.24, 2.45) is 22.9 Å². The van der Waals surface area contributed by atoms with Crippen molar-refractivity contribution in [3.63, 3.8) is 0 Å². The number of nitrogens with zero attached hydrogens (tertiary/aromatic N) is 2. The molecule has 1 aliphatic carbocycles. The number of rotatable bonds is 6. The number of carbonyl (C=O) groups excluding carboxylic acids is 2. The fourth-order valence-electron chi connectivity index (χ4n) is 4.47. The first-order chi connectivity index (χ1) is 14.0. The second kappa shape index (κ2) is 8.10. The number of esters is 2. The topological polar surface area (TPSA) is 80.2 Å². The molecular formula is C21H26FN3O4. The molecule has 6 atom stereocenters. The number of benzene rings is 1. The van der Waals surface area contributed by atoms with Crippen molar-refractivity contribution in [1.82, 2.24) is 10.3 Å². The Hall–Kier alpha value is -2.48. The van der Waals surface area contributed by atoms with Gasteiger partial charge in [-0.15, -0.1) is 0 Å². The van der Waals surface area contributed by atoms with E-state index in [0.29, 0.717) is 19.6 Å². The van der Waals surface area contributed by atoms with Gasteiger partial charge in [0.25, 0.3) is 0 Å². The van der Waals surface area contributed by atoms with Gasteiger partial charge in [-0.2, -0.15) is 5.10 Å². The Bertz CT molecular complexity index is 817. The molecule has 29 heavy (non-hydrogen) atoms. The van der Waals surface area contributed by atoms with E-state index in [-0.39, 0.29) is 47.8 Å². The van der Waals surface area contributed by atoms with E-state index in [1.807, 2.05) is 11.1 Å². The van der Waals surface area contributed by atoms with Gasteiger partial charge in [0.2, 0.25) is 0 Å². The Morgan fingerprint density at radius 1 is 1.21 bits per heavy atom. The van der Waals surface area contributed by atoms with Gasteiger partial charge < -0.3 is 9.47 Å². The average Bonchev–Trinajstić information content (AvgIpc) is 3.39. The quantitative estimate of drug-likeness (QED) is 0.734. The van der Waals surface area contributed by atoms with Gasteiger partial charge in [-0.1, -0.05) is 12.1 Å². The summed E-state index contributed by atoms with van der Waals surface area (Å²) in [6.07, 6.45) is 2.63. The zero-order chi connectivity index (χ0) is 20.5. The lowest BCUT2D eigenvalue weighted by Crippen LogP contribution is -2.58. The van der Waals surface area contributed by atoms with Crippen molar-refractivity contribution in [2.75, 3.05) is 13.2 Å². The molecule has 8 heteroatoms. The zero-order valence-corrected chi connectivity index (χ0v) is 16.6. The van der Waals surface area contributed by atoms with Crippen LogP contribution in [-0.2, 0) is 19.1 Å². The van der Waals surface area contributed by atoms with Gasteiger partial charge in [0.15, 0.2) is 0 Å². The van der Waals surface area contributed by atoms with Crippen LogP contribution in [0.15, 0.2) is 29.4 Å². The summed E-state index contributed by atoms with van der Waals surface area (Å²) in [5.74, 6) is -1.36. The van der Waals surface area contributed by atoms with E-state index in [4.69, 9.17) is 9.47 Å². The van der Waals surface area contributed by atoms with Gasteiger partial charge in [-0.3, -0.25) is 19.9 Å². The number of halogens is 1. The van der Waals surface area contributed by atoms with E-state index in [1.165, 1.54) is 12.1 Å². The third kappa shape index (κ3) is 3.85. The summed E-state index contributed by atoms with van der Waals surface area (Å²) in [4.78, 5) is 24.6. The Morgan fingerprint density at radius 2 is 1.97 bits per heavy atom. The van der Waals surface area contributed by atoms with Crippen molar-refractivity contribution >= 4 is 18.2 Å². The molecule has 156 valence electrons. The van der Waals surface area contributed by atoms with Crippen molar-refractivity contribution in [2.45, 2.75) is 44.9 Å². The first kappa shape index (κ1) is 19.8. The highest BCUT2D eigenvalue weighted by molar-refractivity contribution is 5.91. The Balaban J connectivity index is 1.58. The third-order valence-corrected chi connectivity index (χ3v) is 5.91. The molecule has 1 aromatic rings. The van der Waals surface area contributed by atoms with Crippen LogP contribution < -0.4 is 5.32 Å². The highest BCUT2D eigenvalue weighted by atomic mass is 19.1. The second-order valence-corrected chi connectivity index (χ2v) is 7.70. The molecule has 2 fully saturated rings. The van der Waals surface area contributed by atoms with Gasteiger partial charge in [-0.05, 0) is 50.3 Å². The maximum Gasteiger partial charge on any atom is 0.318 e. The summed E-state index contributed by atoms with van der Waals surface area (Å²) in [5, 5.41) is 9.79. The molecule has 6 unspecified atom stereocenters. The maximum absolute atomic E-state index is 13.9. The van der Waals surface area contributed by atoms with E-state index < -0.39 is 5.92 Å². The monoisotopic (exact) mass is 403 g/mol. The molecule has 0 amide bonds. The van der Waals surface area contributed by atoms with Crippen LogP contribution in [0.5, 0.6) is 0 Å². The molecule has 7 nitrogen and oxygen atoms in total. The maximum atomic E-state index is 13.9. The van der Waals surface area contributed by atoms with Crippen molar-refractivity contribution in [3.05, 3.63) is 35.6 Å². The number of ether oxygens (including phenoxy) is 2. The van der Waals surface area contributed by atoms with E-state index in [0.717, 1.165) is 12.0 Å². The summed E-state index contributed by atoms with van der Waals surface area (Å²) in [6.45, 7) is 4.22. The first-order valence-electron chi connectivity index (χ1n) is 10.2. The smallest absolute Gasteiger partial charge is 0.318 e. The molecule has 4 rings (SSSR count). The van der Waals surface area contributed by atoms with Crippen molar-refractivity contribution in [1.29, 1.82) is 0 Å². The van der Waals surface area contributed by atoms with E-state index in [9.17, 15) is 14.0 Å². The summed E-state index contributed by atoms with van der Waals surface area (Å²) in [6, 6.07) is 6.27. The molecule has 1 saturated carbocycles. The average molecular weight is 403 g/mol. The van der Waals surface area contributed by atoms with Crippen LogP contribution in [0.25, 0.3) is 0 Å². The summed E-state index contributed by atoms with van der Waals surface area (Å²) < 4.78 is 24.3. The Morgan fingerprint density at radius 3 is 2.69 bits per heavy atom. The number of nitrogens with one attached hydrogen (secondary N) is 1. The highest BCUT2D eigenvalue weighted by Gasteiger charge is 2.54. The molecule has 1 N–H and O–H groups in total. The normalized spacial score (nSPS) is 32.6. The van der Waals surface area contributed by atoms with Crippen LogP contribution in [0.4, 0.5) is 4.39 Å². The first-order valence-corrected chi connectivity index (χ1v) is 10.2. The lowest BCUT2D eigenvalue weighted by Gasteiger charge is -2.43. The van der Waals surface area contributed by atoms with Gasteiger partial charge >= 0.3 is 11.9 Å². The second-order valence-electron chi connectivity index (χ2n) is 7.70. The van der Waals surface area contributed by atoms with Gasteiger partial charge in [0.05, 0.1) is 25.2 Å². The lowest BCUT2D eigenvalue weighted by atomic mass is 9.90. The molecule has 0 radical (unpaired) electrons.